The molecule has 0 aliphatic heterocycles. The fraction of sp³-hybridized carbons (Fsp3) is 0. The van der Waals surface area contributed by atoms with Gasteiger partial charge < -0.3 is 8.98 Å². The van der Waals surface area contributed by atoms with Crippen molar-refractivity contribution in [1.82, 2.24) is 29.1 Å². The van der Waals surface area contributed by atoms with Crippen molar-refractivity contribution in [3.63, 3.8) is 0 Å². The molecule has 0 saturated carbocycles. The van der Waals surface area contributed by atoms with Gasteiger partial charge in [0.15, 0.2) is 17.2 Å². The molecule has 4 heterocycles. The fourth-order valence-electron chi connectivity index (χ4n) is 8.55. The van der Waals surface area contributed by atoms with Gasteiger partial charge in [0, 0.05) is 38.2 Å². The van der Waals surface area contributed by atoms with Crippen LogP contribution in [0.2, 0.25) is 0 Å². The number of oxazole rings is 1. The summed E-state index contributed by atoms with van der Waals surface area (Å²) in [5, 5.41) is 4.41. The average Bonchev–Trinajstić information content (AvgIpc) is 4.01. The molecule has 8 aromatic carbocycles. The zero-order valence-electron chi connectivity index (χ0n) is 31.6. The molecule has 0 bridgehead atoms. The Kier molecular flexibility index (Phi) is 7.40. The lowest BCUT2D eigenvalue weighted by Crippen LogP contribution is -2.07. The molecule has 0 N–H and O–H groups in total. The predicted octanol–water partition coefficient (Wildman–Crippen LogP) is 12.9. The molecule has 0 atom stereocenters. The van der Waals surface area contributed by atoms with Gasteiger partial charge in [-0.25, -0.2) is 9.97 Å². The number of nitrogens with zero attached hydrogens (tertiary/aromatic N) is 6. The zero-order valence-corrected chi connectivity index (χ0v) is 31.6. The lowest BCUT2D eigenvalue weighted by molar-refractivity contribution is 0.618. The summed E-state index contributed by atoms with van der Waals surface area (Å²) in [5.74, 6) is 2.30. The van der Waals surface area contributed by atoms with Crippen molar-refractivity contribution in [2.45, 2.75) is 0 Å². The van der Waals surface area contributed by atoms with Crippen LogP contribution < -0.4 is 0 Å². The lowest BCUT2D eigenvalue weighted by atomic mass is 10.0. The van der Waals surface area contributed by atoms with Gasteiger partial charge in [0.25, 0.3) is 0 Å². The quantitative estimate of drug-likeness (QED) is 0.169. The van der Waals surface area contributed by atoms with Crippen molar-refractivity contribution in [1.29, 1.82) is 0 Å². The highest BCUT2D eigenvalue weighted by molar-refractivity contribution is 6.24. The van der Waals surface area contributed by atoms with Crippen molar-refractivity contribution in [2.24, 2.45) is 0 Å². The van der Waals surface area contributed by atoms with Gasteiger partial charge >= 0.3 is 0 Å². The molecule has 0 aliphatic carbocycles. The van der Waals surface area contributed by atoms with Crippen LogP contribution in [0.15, 0.2) is 199 Å². The standard InChI is InChI=1S/C52H32N6O/c1-4-16-33(17-5-1)36-22-14-23-37(32-36)51-53-42-26-15-29-45(48(42)59-51)57-43-27-12-10-24-38(43)40-30-31-41-39-25-11-13-28-44(39)58(47(41)46(40)57)52-55-49(34-18-6-2-7-19-34)54-50(56-52)35-20-8-3-9-21-35/h1-32H. The Hall–Kier alpha value is -8.16. The van der Waals surface area contributed by atoms with Crippen molar-refractivity contribution < 1.29 is 4.42 Å². The molecule has 12 aromatic rings. The summed E-state index contributed by atoms with van der Waals surface area (Å²) in [4.78, 5) is 20.6. The number of hydrogen-bond donors (Lipinski definition) is 0. The molecule has 0 spiro atoms. The SMILES string of the molecule is c1ccc(-c2cccc(-c3nc4cccc(-n5c6ccccc6c6ccc7c8ccccc8n(-c8nc(-c9ccccc9)nc(-c9ccccc9)n8)c7c65)c4o3)c2)cc1. The number of fused-ring (bicyclic) bond motifs is 8. The highest BCUT2D eigenvalue weighted by atomic mass is 16.3. The zero-order chi connectivity index (χ0) is 38.9. The van der Waals surface area contributed by atoms with Gasteiger partial charge in [-0.3, -0.25) is 4.57 Å². The largest absolute Gasteiger partial charge is 0.434 e. The lowest BCUT2D eigenvalue weighted by Gasteiger charge is -2.13. The van der Waals surface area contributed by atoms with Crippen LogP contribution in [0.25, 0.3) is 112 Å². The molecule has 0 unspecified atom stereocenters. The van der Waals surface area contributed by atoms with E-state index in [0.29, 0.717) is 29.1 Å². The Bertz CT molecular complexity index is 3490. The maximum absolute atomic E-state index is 6.84. The molecule has 59 heavy (non-hydrogen) atoms. The van der Waals surface area contributed by atoms with E-state index in [1.165, 1.54) is 0 Å². The van der Waals surface area contributed by atoms with E-state index in [0.717, 1.165) is 82.6 Å². The minimum atomic E-state index is 0.534. The van der Waals surface area contributed by atoms with E-state index in [1.807, 2.05) is 72.8 Å². The second-order valence-electron chi connectivity index (χ2n) is 14.7. The molecule has 7 heteroatoms. The minimum absolute atomic E-state index is 0.534. The Balaban J connectivity index is 1.17. The normalized spacial score (nSPS) is 11.7. The average molecular weight is 757 g/mol. The van der Waals surface area contributed by atoms with E-state index < -0.39 is 0 Å². The van der Waals surface area contributed by atoms with Crippen molar-refractivity contribution in [3.05, 3.63) is 194 Å². The molecule has 0 aliphatic rings. The molecule has 7 nitrogen and oxygen atoms in total. The van der Waals surface area contributed by atoms with Crippen molar-refractivity contribution in [2.75, 3.05) is 0 Å². The van der Waals surface area contributed by atoms with Gasteiger partial charge in [-0.2, -0.15) is 9.97 Å². The molecule has 0 radical (unpaired) electrons. The summed E-state index contributed by atoms with van der Waals surface area (Å²) in [6.07, 6.45) is 0. The summed E-state index contributed by atoms with van der Waals surface area (Å²) in [6, 6.07) is 66.7. The Morgan fingerprint density at radius 1 is 0.356 bits per heavy atom. The number of benzene rings is 8. The first-order valence-corrected chi connectivity index (χ1v) is 19.7. The maximum Gasteiger partial charge on any atom is 0.238 e. The van der Waals surface area contributed by atoms with Crippen molar-refractivity contribution >= 4 is 54.7 Å². The highest BCUT2D eigenvalue weighted by Crippen LogP contribution is 2.43. The number of rotatable bonds is 6. The fourth-order valence-corrected chi connectivity index (χ4v) is 8.55. The van der Waals surface area contributed by atoms with E-state index in [9.17, 15) is 0 Å². The summed E-state index contributed by atoms with van der Waals surface area (Å²) >= 11 is 0. The van der Waals surface area contributed by atoms with E-state index in [4.69, 9.17) is 24.4 Å². The first kappa shape index (κ1) is 33.0. The molecule has 0 fully saturated rings. The summed E-state index contributed by atoms with van der Waals surface area (Å²) in [6.45, 7) is 0. The first-order valence-electron chi connectivity index (χ1n) is 19.7. The molecular weight excluding hydrogens is 725 g/mol. The molecular formula is C52H32N6O. The van der Waals surface area contributed by atoms with Gasteiger partial charge in [0.1, 0.15) is 5.52 Å². The Labute approximate surface area is 338 Å². The van der Waals surface area contributed by atoms with Crippen LogP contribution in [0.5, 0.6) is 0 Å². The van der Waals surface area contributed by atoms with Crippen LogP contribution in [0.4, 0.5) is 0 Å². The summed E-state index contributed by atoms with van der Waals surface area (Å²) < 4.78 is 11.4. The van der Waals surface area contributed by atoms with Crippen LogP contribution in [0.3, 0.4) is 0 Å². The van der Waals surface area contributed by atoms with Crippen LogP contribution in [0, 0.1) is 0 Å². The van der Waals surface area contributed by atoms with Crippen molar-refractivity contribution in [3.8, 4) is 57.0 Å². The second-order valence-corrected chi connectivity index (χ2v) is 14.7. The van der Waals surface area contributed by atoms with Gasteiger partial charge in [-0.05, 0) is 47.5 Å². The maximum atomic E-state index is 6.84. The van der Waals surface area contributed by atoms with E-state index in [1.54, 1.807) is 0 Å². The van der Waals surface area contributed by atoms with Crippen LogP contribution in [0.1, 0.15) is 0 Å². The topological polar surface area (TPSA) is 74.6 Å². The summed E-state index contributed by atoms with van der Waals surface area (Å²) in [5.41, 5.74) is 11.4. The highest BCUT2D eigenvalue weighted by Gasteiger charge is 2.25. The molecule has 12 rings (SSSR count). The van der Waals surface area contributed by atoms with E-state index >= 15 is 0 Å². The third-order valence-corrected chi connectivity index (χ3v) is 11.2. The summed E-state index contributed by atoms with van der Waals surface area (Å²) in [7, 11) is 0. The van der Waals surface area contributed by atoms with Gasteiger partial charge in [-0.15, -0.1) is 0 Å². The molecule has 4 aromatic heterocycles. The van der Waals surface area contributed by atoms with E-state index in [-0.39, 0.29) is 0 Å². The smallest absolute Gasteiger partial charge is 0.238 e. The molecule has 276 valence electrons. The number of aromatic nitrogens is 6. The second kappa shape index (κ2) is 13.2. The van der Waals surface area contributed by atoms with Crippen LogP contribution in [-0.4, -0.2) is 29.1 Å². The predicted molar refractivity (Wildman–Crippen MR) is 238 cm³/mol. The van der Waals surface area contributed by atoms with Gasteiger partial charge in [0.05, 0.1) is 27.8 Å². The molecule has 0 saturated heterocycles. The third kappa shape index (κ3) is 5.29. The number of para-hydroxylation sites is 3. The third-order valence-electron chi connectivity index (χ3n) is 11.2. The van der Waals surface area contributed by atoms with Gasteiger partial charge in [-0.1, -0.05) is 158 Å². The first-order chi connectivity index (χ1) is 29.3. The Morgan fingerprint density at radius 2 is 0.864 bits per heavy atom. The van der Waals surface area contributed by atoms with E-state index in [2.05, 4.69) is 130 Å². The molecule has 0 amide bonds. The Morgan fingerprint density at radius 3 is 1.51 bits per heavy atom. The number of hydrogen-bond acceptors (Lipinski definition) is 5. The van der Waals surface area contributed by atoms with Gasteiger partial charge in [0.2, 0.25) is 11.8 Å². The van der Waals surface area contributed by atoms with Crippen LogP contribution >= 0.6 is 0 Å². The van der Waals surface area contributed by atoms with Crippen LogP contribution in [-0.2, 0) is 0 Å². The monoisotopic (exact) mass is 756 g/mol. The minimum Gasteiger partial charge on any atom is -0.434 e.